The predicted molar refractivity (Wildman–Crippen MR) is 76.7 cm³/mol. The molecule has 9 nitrogen and oxygen atoms in total. The first-order valence-electron chi connectivity index (χ1n) is 6.06. The van der Waals surface area contributed by atoms with E-state index in [2.05, 4.69) is 10.3 Å². The average molecular weight is 302 g/mol. The number of nitro groups is 2. The van der Waals surface area contributed by atoms with Gasteiger partial charge in [-0.3, -0.25) is 25.0 Å². The molecular formula is C13H10N4O5. The van der Waals surface area contributed by atoms with E-state index in [-0.39, 0.29) is 28.3 Å². The van der Waals surface area contributed by atoms with Crippen LogP contribution in [0.5, 0.6) is 0 Å². The molecule has 2 aromatic rings. The van der Waals surface area contributed by atoms with Gasteiger partial charge in [0, 0.05) is 23.3 Å². The highest BCUT2D eigenvalue weighted by atomic mass is 16.6. The summed E-state index contributed by atoms with van der Waals surface area (Å²) in [5.74, 6) is -0.468. The number of carbonyl (C=O) groups excluding carboxylic acids is 1. The molecule has 0 unspecified atom stereocenters. The van der Waals surface area contributed by atoms with Crippen LogP contribution in [-0.4, -0.2) is 20.7 Å². The fourth-order valence-electron chi connectivity index (χ4n) is 1.82. The van der Waals surface area contributed by atoms with Gasteiger partial charge in [0.1, 0.15) is 12.0 Å². The van der Waals surface area contributed by atoms with E-state index in [9.17, 15) is 25.0 Å². The van der Waals surface area contributed by atoms with Crippen molar-refractivity contribution in [2.75, 3.05) is 5.32 Å². The van der Waals surface area contributed by atoms with E-state index >= 15 is 0 Å². The molecule has 1 heterocycles. The van der Waals surface area contributed by atoms with E-state index in [4.69, 9.17) is 0 Å². The van der Waals surface area contributed by atoms with E-state index in [1.54, 1.807) is 0 Å². The Morgan fingerprint density at radius 3 is 2.41 bits per heavy atom. The van der Waals surface area contributed by atoms with Gasteiger partial charge in [-0.15, -0.1) is 0 Å². The van der Waals surface area contributed by atoms with Crippen LogP contribution in [0, 0.1) is 27.2 Å². The van der Waals surface area contributed by atoms with Gasteiger partial charge in [-0.25, -0.2) is 4.98 Å². The minimum Gasteiger partial charge on any atom is -0.307 e. The molecule has 22 heavy (non-hydrogen) atoms. The molecule has 1 amide bonds. The molecule has 0 saturated heterocycles. The normalized spacial score (nSPS) is 10.0. The summed E-state index contributed by atoms with van der Waals surface area (Å²) in [4.78, 5) is 36.1. The second kappa shape index (κ2) is 5.95. The fraction of sp³-hybridized carbons (Fsp3) is 0.0769. The SMILES string of the molecule is Cc1c(C(=O)Nc2ccc([N+](=O)[O-])cn2)cccc1[N+](=O)[O-]. The molecule has 1 aromatic heterocycles. The van der Waals surface area contributed by atoms with Crippen molar-refractivity contribution in [3.8, 4) is 0 Å². The molecule has 0 bridgehead atoms. The van der Waals surface area contributed by atoms with E-state index in [1.165, 1.54) is 37.3 Å². The van der Waals surface area contributed by atoms with Crippen molar-refractivity contribution in [1.82, 2.24) is 4.98 Å². The highest BCUT2D eigenvalue weighted by Gasteiger charge is 2.18. The first-order chi connectivity index (χ1) is 10.4. The van der Waals surface area contributed by atoms with Crippen LogP contribution in [0.25, 0.3) is 0 Å². The Hall–Kier alpha value is -3.36. The largest absolute Gasteiger partial charge is 0.307 e. The van der Waals surface area contributed by atoms with Crippen LogP contribution in [0.1, 0.15) is 15.9 Å². The van der Waals surface area contributed by atoms with Crippen LogP contribution in [0.4, 0.5) is 17.2 Å². The van der Waals surface area contributed by atoms with Crippen molar-refractivity contribution in [3.63, 3.8) is 0 Å². The number of hydrogen-bond donors (Lipinski definition) is 1. The number of amides is 1. The number of anilines is 1. The van der Waals surface area contributed by atoms with Gasteiger partial charge < -0.3 is 5.32 Å². The van der Waals surface area contributed by atoms with Gasteiger partial charge in [-0.2, -0.15) is 0 Å². The van der Waals surface area contributed by atoms with Crippen LogP contribution in [0.3, 0.4) is 0 Å². The Kier molecular flexibility index (Phi) is 4.07. The number of nitrogens with one attached hydrogen (secondary N) is 1. The smallest absolute Gasteiger partial charge is 0.287 e. The van der Waals surface area contributed by atoms with Crippen molar-refractivity contribution in [2.45, 2.75) is 6.92 Å². The monoisotopic (exact) mass is 302 g/mol. The summed E-state index contributed by atoms with van der Waals surface area (Å²) in [5.41, 5.74) is -0.00454. The minimum absolute atomic E-state index is 0.113. The number of nitro benzene ring substituents is 1. The number of hydrogen-bond acceptors (Lipinski definition) is 6. The van der Waals surface area contributed by atoms with Crippen molar-refractivity contribution in [3.05, 3.63) is 67.9 Å². The van der Waals surface area contributed by atoms with E-state index < -0.39 is 15.8 Å². The van der Waals surface area contributed by atoms with Gasteiger partial charge >= 0.3 is 0 Å². The van der Waals surface area contributed by atoms with Gasteiger partial charge in [0.05, 0.1) is 9.85 Å². The lowest BCUT2D eigenvalue weighted by atomic mass is 10.1. The Morgan fingerprint density at radius 1 is 1.14 bits per heavy atom. The van der Waals surface area contributed by atoms with Crippen molar-refractivity contribution in [1.29, 1.82) is 0 Å². The van der Waals surface area contributed by atoms with Gasteiger partial charge in [0.2, 0.25) is 0 Å². The van der Waals surface area contributed by atoms with Crippen LogP contribution in [-0.2, 0) is 0 Å². The molecule has 0 saturated carbocycles. The highest BCUT2D eigenvalue weighted by Crippen LogP contribution is 2.22. The number of benzene rings is 1. The van der Waals surface area contributed by atoms with Gasteiger partial charge in [-0.05, 0) is 19.1 Å². The number of rotatable bonds is 4. The molecule has 0 spiro atoms. The maximum Gasteiger partial charge on any atom is 0.287 e. The molecule has 0 aliphatic rings. The van der Waals surface area contributed by atoms with Crippen LogP contribution >= 0.6 is 0 Å². The number of carbonyl (C=O) groups is 1. The summed E-state index contributed by atoms with van der Waals surface area (Å²) in [6.45, 7) is 1.47. The third-order valence-corrected chi connectivity index (χ3v) is 2.95. The Balaban J connectivity index is 2.24. The Labute approximate surface area is 123 Å². The minimum atomic E-state index is -0.608. The predicted octanol–water partition coefficient (Wildman–Crippen LogP) is 2.46. The Morgan fingerprint density at radius 2 is 1.86 bits per heavy atom. The van der Waals surface area contributed by atoms with E-state index in [1.807, 2.05) is 0 Å². The molecule has 0 aliphatic heterocycles. The summed E-state index contributed by atoms with van der Waals surface area (Å²) in [6, 6.07) is 6.63. The first-order valence-corrected chi connectivity index (χ1v) is 6.06. The summed E-state index contributed by atoms with van der Waals surface area (Å²) in [7, 11) is 0. The number of pyridine rings is 1. The lowest BCUT2D eigenvalue weighted by molar-refractivity contribution is -0.385. The molecule has 1 aromatic carbocycles. The lowest BCUT2D eigenvalue weighted by Crippen LogP contribution is -2.15. The highest BCUT2D eigenvalue weighted by molar-refractivity contribution is 6.05. The maximum atomic E-state index is 12.1. The zero-order valence-electron chi connectivity index (χ0n) is 11.3. The molecule has 2 rings (SSSR count). The molecule has 112 valence electrons. The van der Waals surface area contributed by atoms with E-state index in [0.29, 0.717) is 0 Å². The number of aromatic nitrogens is 1. The standard InChI is InChI=1S/C13H10N4O5/c1-8-10(3-2-4-11(8)17(21)22)13(18)15-12-6-5-9(7-14-12)16(19)20/h2-7H,1H3,(H,14,15,18). The zero-order chi connectivity index (χ0) is 16.3. The Bertz CT molecular complexity index is 758. The fourth-order valence-corrected chi connectivity index (χ4v) is 1.82. The molecule has 1 N–H and O–H groups in total. The third-order valence-electron chi connectivity index (χ3n) is 2.95. The van der Waals surface area contributed by atoms with Gasteiger partial charge in [0.15, 0.2) is 0 Å². The molecule has 0 fully saturated rings. The van der Waals surface area contributed by atoms with Crippen LogP contribution < -0.4 is 5.32 Å². The van der Waals surface area contributed by atoms with Crippen molar-refractivity contribution < 1.29 is 14.6 Å². The summed E-state index contributed by atoms with van der Waals surface area (Å²) < 4.78 is 0. The first kappa shape index (κ1) is 15.0. The molecule has 0 aliphatic carbocycles. The quantitative estimate of drug-likeness (QED) is 0.682. The summed E-state index contributed by atoms with van der Waals surface area (Å²) in [6.07, 6.45) is 1.01. The topological polar surface area (TPSA) is 128 Å². The summed E-state index contributed by atoms with van der Waals surface area (Å²) >= 11 is 0. The van der Waals surface area contributed by atoms with E-state index in [0.717, 1.165) is 6.20 Å². The van der Waals surface area contributed by atoms with Crippen LogP contribution in [0.15, 0.2) is 36.5 Å². The number of nitrogens with zero attached hydrogens (tertiary/aromatic N) is 3. The van der Waals surface area contributed by atoms with Crippen LogP contribution in [0.2, 0.25) is 0 Å². The second-order valence-corrected chi connectivity index (χ2v) is 4.32. The molecule has 0 radical (unpaired) electrons. The van der Waals surface area contributed by atoms with Crippen molar-refractivity contribution in [2.24, 2.45) is 0 Å². The van der Waals surface area contributed by atoms with Gasteiger partial charge in [-0.1, -0.05) is 6.07 Å². The lowest BCUT2D eigenvalue weighted by Gasteiger charge is -2.07. The van der Waals surface area contributed by atoms with Crippen molar-refractivity contribution >= 4 is 23.1 Å². The second-order valence-electron chi connectivity index (χ2n) is 4.32. The average Bonchev–Trinajstić information content (AvgIpc) is 2.47. The third kappa shape index (κ3) is 3.03. The maximum absolute atomic E-state index is 12.1. The van der Waals surface area contributed by atoms with Gasteiger partial charge in [0.25, 0.3) is 17.3 Å². The summed E-state index contributed by atoms with van der Waals surface area (Å²) in [5, 5.41) is 23.8. The molecule has 0 atom stereocenters. The zero-order valence-corrected chi connectivity index (χ0v) is 11.3. The molecule has 9 heteroatoms. The molecular weight excluding hydrogens is 292 g/mol.